The molecule has 0 radical (unpaired) electrons. The van der Waals surface area contributed by atoms with Crippen LogP contribution in [0, 0.1) is 5.92 Å². The fraction of sp³-hybridized carbons (Fsp3) is 0.481. The summed E-state index contributed by atoms with van der Waals surface area (Å²) in [5.41, 5.74) is 2.55. The number of nitrogens with zero attached hydrogens (tertiary/aromatic N) is 3. The van der Waals surface area contributed by atoms with Gasteiger partial charge in [-0.2, -0.15) is 0 Å². The summed E-state index contributed by atoms with van der Waals surface area (Å²) in [7, 11) is -3.86. The highest BCUT2D eigenvalue weighted by Crippen LogP contribution is 2.32. The molecule has 37 heavy (non-hydrogen) atoms. The van der Waals surface area contributed by atoms with Crippen LogP contribution in [-0.2, 0) is 31.5 Å². The van der Waals surface area contributed by atoms with Crippen LogP contribution in [0.3, 0.4) is 0 Å². The molecule has 9 nitrogen and oxygen atoms in total. The Balaban J connectivity index is 1.68. The summed E-state index contributed by atoms with van der Waals surface area (Å²) in [6, 6.07) is 11.6. The molecule has 0 bridgehead atoms. The number of aliphatic hydroxyl groups excluding tert-OH is 1. The van der Waals surface area contributed by atoms with Crippen molar-refractivity contribution in [3.05, 3.63) is 48.3 Å². The van der Waals surface area contributed by atoms with E-state index < -0.39 is 22.5 Å². The van der Waals surface area contributed by atoms with Crippen LogP contribution >= 0.6 is 0 Å². The van der Waals surface area contributed by atoms with Crippen LogP contribution in [0.25, 0.3) is 11.0 Å². The monoisotopic (exact) mass is 528 g/mol. The van der Waals surface area contributed by atoms with E-state index in [1.807, 2.05) is 18.2 Å². The van der Waals surface area contributed by atoms with E-state index in [9.17, 15) is 13.2 Å². The quantitative estimate of drug-likeness (QED) is 0.458. The molecule has 2 heterocycles. The summed E-state index contributed by atoms with van der Waals surface area (Å²) in [5.74, 6) is 0.937. The minimum absolute atomic E-state index is 0.108. The van der Waals surface area contributed by atoms with E-state index in [4.69, 9.17) is 14.8 Å². The van der Waals surface area contributed by atoms with E-state index in [2.05, 4.69) is 30.7 Å². The van der Waals surface area contributed by atoms with Gasteiger partial charge in [-0.15, -0.1) is 0 Å². The van der Waals surface area contributed by atoms with Gasteiger partial charge in [0.2, 0.25) is 5.91 Å². The number of sulfonamides is 1. The molecule has 0 spiro atoms. The van der Waals surface area contributed by atoms with E-state index in [1.54, 1.807) is 6.92 Å². The van der Waals surface area contributed by atoms with Gasteiger partial charge in [0.25, 0.3) is 10.0 Å². The van der Waals surface area contributed by atoms with Gasteiger partial charge in [0.05, 0.1) is 21.6 Å². The molecule has 1 saturated heterocycles. The zero-order valence-corrected chi connectivity index (χ0v) is 22.7. The average Bonchev–Trinajstić information content (AvgIpc) is 3.23. The largest absolute Gasteiger partial charge is 0.387 e. The number of carbonyl (C=O) groups is 1. The second-order valence-electron chi connectivity index (χ2n) is 10.4. The summed E-state index contributed by atoms with van der Waals surface area (Å²) in [5, 5.41) is 11.4. The maximum absolute atomic E-state index is 13.5. The van der Waals surface area contributed by atoms with Crippen molar-refractivity contribution in [2.75, 3.05) is 36.0 Å². The molecule has 3 aromatic rings. The number of hydrogen-bond acceptors (Lipinski definition) is 6. The number of aliphatic hydroxyl groups is 1. The summed E-state index contributed by atoms with van der Waals surface area (Å²) in [6.45, 7) is 10.2. The molecule has 0 atom stereocenters. The molecule has 2 aromatic carbocycles. The lowest BCUT2D eigenvalue weighted by Gasteiger charge is -2.26. The molecular formula is C27H36N4O5S. The Hall–Kier alpha value is -2.95. The van der Waals surface area contributed by atoms with E-state index >= 15 is 0 Å². The van der Waals surface area contributed by atoms with Gasteiger partial charge in [0.1, 0.15) is 12.4 Å². The average molecular weight is 529 g/mol. The van der Waals surface area contributed by atoms with Crippen molar-refractivity contribution < 1.29 is 23.1 Å². The van der Waals surface area contributed by atoms with Crippen LogP contribution in [0.4, 0.5) is 11.4 Å². The van der Waals surface area contributed by atoms with E-state index in [-0.39, 0.29) is 16.9 Å². The van der Waals surface area contributed by atoms with E-state index in [1.165, 1.54) is 28.6 Å². The number of hydrogen-bond donors (Lipinski definition) is 2. The molecule has 4 rings (SSSR count). The molecule has 2 N–H and O–H groups in total. The highest BCUT2D eigenvalue weighted by molar-refractivity contribution is 7.92. The highest BCUT2D eigenvalue weighted by Gasteiger charge is 2.28. The summed E-state index contributed by atoms with van der Waals surface area (Å²) in [6.07, 6.45) is 2.04. The minimum atomic E-state index is -3.86. The molecule has 1 amide bonds. The highest BCUT2D eigenvalue weighted by atomic mass is 32.2. The van der Waals surface area contributed by atoms with Crippen molar-refractivity contribution in [2.24, 2.45) is 5.92 Å². The lowest BCUT2D eigenvalue weighted by atomic mass is 9.94. The van der Waals surface area contributed by atoms with Crippen molar-refractivity contribution in [3.63, 3.8) is 0 Å². The molecule has 1 aromatic heterocycles. The topological polar surface area (TPSA) is 114 Å². The Morgan fingerprint density at radius 2 is 1.84 bits per heavy atom. The summed E-state index contributed by atoms with van der Waals surface area (Å²) < 4.78 is 36.3. The number of benzene rings is 2. The zero-order valence-electron chi connectivity index (χ0n) is 21.9. The fourth-order valence-corrected chi connectivity index (χ4v) is 6.21. The van der Waals surface area contributed by atoms with Gasteiger partial charge in [-0.25, -0.2) is 13.4 Å². The van der Waals surface area contributed by atoms with Crippen molar-refractivity contribution in [3.8, 4) is 0 Å². The first-order chi connectivity index (χ1) is 17.5. The summed E-state index contributed by atoms with van der Waals surface area (Å²) >= 11 is 0. The van der Waals surface area contributed by atoms with Gasteiger partial charge in [0, 0.05) is 37.4 Å². The molecule has 1 aliphatic heterocycles. The smallest absolute Gasteiger partial charge is 0.264 e. The van der Waals surface area contributed by atoms with Crippen LogP contribution in [0.5, 0.6) is 0 Å². The SMILES string of the molecule is CCN(c1ccc2c(c1)nc(C(C)(C)C)n2CC1CCOCC1)S(=O)(=O)c1ccc(NC(=O)CO)cc1. The number of aromatic nitrogens is 2. The Kier molecular flexibility index (Phi) is 7.91. The zero-order chi connectivity index (χ0) is 26.8. The third kappa shape index (κ3) is 5.81. The predicted octanol–water partition coefficient (Wildman–Crippen LogP) is 3.91. The third-order valence-electron chi connectivity index (χ3n) is 6.63. The molecule has 1 aliphatic rings. The maximum atomic E-state index is 13.5. The predicted molar refractivity (Wildman–Crippen MR) is 144 cm³/mol. The number of ether oxygens (including phenoxy) is 1. The first-order valence-corrected chi connectivity index (χ1v) is 14.1. The van der Waals surface area contributed by atoms with Crippen LogP contribution in [-0.4, -0.2) is 55.3 Å². The van der Waals surface area contributed by atoms with Gasteiger partial charge >= 0.3 is 0 Å². The maximum Gasteiger partial charge on any atom is 0.264 e. The number of rotatable bonds is 8. The molecule has 0 aliphatic carbocycles. The lowest BCUT2D eigenvalue weighted by molar-refractivity contribution is -0.118. The van der Waals surface area contributed by atoms with Gasteiger partial charge in [0.15, 0.2) is 0 Å². The Labute approximate surface area is 218 Å². The van der Waals surface area contributed by atoms with Crippen molar-refractivity contribution in [1.82, 2.24) is 9.55 Å². The van der Waals surface area contributed by atoms with Crippen molar-refractivity contribution in [2.45, 2.75) is 57.4 Å². The van der Waals surface area contributed by atoms with E-state index in [0.717, 1.165) is 49.5 Å². The Morgan fingerprint density at radius 1 is 1.16 bits per heavy atom. The van der Waals surface area contributed by atoms with Crippen molar-refractivity contribution in [1.29, 1.82) is 0 Å². The summed E-state index contributed by atoms with van der Waals surface area (Å²) in [4.78, 5) is 16.5. The van der Waals surface area contributed by atoms with Gasteiger partial charge < -0.3 is 19.7 Å². The molecule has 1 fully saturated rings. The molecular weight excluding hydrogens is 492 g/mol. The van der Waals surface area contributed by atoms with Crippen LogP contribution in [0.1, 0.15) is 46.4 Å². The van der Waals surface area contributed by atoms with Gasteiger partial charge in [-0.1, -0.05) is 20.8 Å². The Morgan fingerprint density at radius 3 is 2.43 bits per heavy atom. The fourth-order valence-electron chi connectivity index (χ4n) is 4.75. The van der Waals surface area contributed by atoms with Crippen LogP contribution in [0.2, 0.25) is 0 Å². The third-order valence-corrected chi connectivity index (χ3v) is 8.55. The first kappa shape index (κ1) is 27.1. The number of nitrogens with one attached hydrogen (secondary N) is 1. The second-order valence-corrected chi connectivity index (χ2v) is 12.3. The Bertz CT molecular complexity index is 1350. The standard InChI is InChI=1S/C27H36N4O5S/c1-5-31(37(34,35)22-9-6-20(7-10-22)28-25(33)18-32)21-8-11-24-23(16-21)29-26(27(2,3)4)30(24)17-19-12-14-36-15-13-19/h6-11,16,19,32H,5,12-15,17-18H2,1-4H3,(H,28,33). The number of amides is 1. The minimum Gasteiger partial charge on any atom is -0.387 e. The molecule has 200 valence electrons. The molecule has 0 unspecified atom stereocenters. The second kappa shape index (κ2) is 10.8. The normalized spacial score (nSPS) is 15.2. The van der Waals surface area contributed by atoms with E-state index in [0.29, 0.717) is 17.3 Å². The molecule has 10 heteroatoms. The van der Waals surface area contributed by atoms with Gasteiger partial charge in [-0.05, 0) is 68.1 Å². The number of anilines is 2. The number of fused-ring (bicyclic) bond motifs is 1. The van der Waals surface area contributed by atoms with Crippen molar-refractivity contribution >= 4 is 38.3 Å². The number of carbonyl (C=O) groups excluding carboxylic acids is 1. The van der Waals surface area contributed by atoms with Gasteiger partial charge in [-0.3, -0.25) is 9.10 Å². The van der Waals surface area contributed by atoms with Crippen LogP contribution < -0.4 is 9.62 Å². The first-order valence-electron chi connectivity index (χ1n) is 12.7. The van der Waals surface area contributed by atoms with Crippen LogP contribution in [0.15, 0.2) is 47.4 Å². The number of imidazole rings is 1. The lowest BCUT2D eigenvalue weighted by Crippen LogP contribution is -2.30. The molecule has 0 saturated carbocycles.